The Kier molecular flexibility index (Phi) is 3.70. The molecule has 0 bridgehead atoms. The van der Waals surface area contributed by atoms with Gasteiger partial charge in [0, 0.05) is 5.88 Å². The van der Waals surface area contributed by atoms with Crippen molar-refractivity contribution < 1.29 is 4.74 Å². The lowest BCUT2D eigenvalue weighted by molar-refractivity contribution is 0.340. The number of hydrogen-bond donors (Lipinski definition) is 0. The SMILES string of the molecule is CCOc1ccc(CCl)cc1Cl. The summed E-state index contributed by atoms with van der Waals surface area (Å²) in [5.74, 6) is 1.19. The van der Waals surface area contributed by atoms with Gasteiger partial charge in [0.15, 0.2) is 0 Å². The third-order valence-electron chi connectivity index (χ3n) is 1.45. The van der Waals surface area contributed by atoms with E-state index in [0.717, 1.165) is 5.56 Å². The highest BCUT2D eigenvalue weighted by molar-refractivity contribution is 6.32. The Balaban J connectivity index is 2.87. The van der Waals surface area contributed by atoms with E-state index >= 15 is 0 Å². The third-order valence-corrected chi connectivity index (χ3v) is 2.05. The Bertz CT molecular complexity index is 261. The van der Waals surface area contributed by atoms with E-state index in [-0.39, 0.29) is 0 Å². The van der Waals surface area contributed by atoms with Gasteiger partial charge < -0.3 is 4.74 Å². The van der Waals surface area contributed by atoms with Crippen LogP contribution in [0.15, 0.2) is 18.2 Å². The molecule has 0 saturated heterocycles. The molecule has 1 aromatic rings. The van der Waals surface area contributed by atoms with Gasteiger partial charge in [-0.25, -0.2) is 0 Å². The summed E-state index contributed by atoms with van der Waals surface area (Å²) in [6.07, 6.45) is 0. The van der Waals surface area contributed by atoms with Gasteiger partial charge in [0.1, 0.15) is 5.75 Å². The molecule has 12 heavy (non-hydrogen) atoms. The first kappa shape index (κ1) is 9.69. The van der Waals surface area contributed by atoms with E-state index in [1.807, 2.05) is 25.1 Å². The molecule has 0 spiro atoms. The minimum Gasteiger partial charge on any atom is -0.492 e. The number of alkyl halides is 1. The van der Waals surface area contributed by atoms with Crippen molar-refractivity contribution in [3.63, 3.8) is 0 Å². The Labute approximate surface area is 82.2 Å². The molecule has 66 valence electrons. The second-order valence-electron chi connectivity index (χ2n) is 2.33. The second kappa shape index (κ2) is 4.58. The van der Waals surface area contributed by atoms with Gasteiger partial charge in [0.25, 0.3) is 0 Å². The van der Waals surface area contributed by atoms with Gasteiger partial charge in [-0.15, -0.1) is 11.6 Å². The maximum Gasteiger partial charge on any atom is 0.137 e. The van der Waals surface area contributed by atoms with Gasteiger partial charge >= 0.3 is 0 Å². The summed E-state index contributed by atoms with van der Waals surface area (Å²) < 4.78 is 5.26. The average molecular weight is 205 g/mol. The summed E-state index contributed by atoms with van der Waals surface area (Å²) in [6, 6.07) is 5.56. The highest BCUT2D eigenvalue weighted by Crippen LogP contribution is 2.25. The topological polar surface area (TPSA) is 9.23 Å². The zero-order chi connectivity index (χ0) is 8.97. The van der Waals surface area contributed by atoms with Crippen molar-refractivity contribution in [2.45, 2.75) is 12.8 Å². The Morgan fingerprint density at radius 3 is 2.67 bits per heavy atom. The van der Waals surface area contributed by atoms with Crippen LogP contribution >= 0.6 is 23.2 Å². The molecule has 1 aromatic carbocycles. The monoisotopic (exact) mass is 204 g/mol. The van der Waals surface area contributed by atoms with E-state index in [9.17, 15) is 0 Å². The fourth-order valence-corrected chi connectivity index (χ4v) is 1.32. The zero-order valence-corrected chi connectivity index (χ0v) is 8.32. The molecule has 1 rings (SSSR count). The number of halogens is 2. The molecule has 0 aromatic heterocycles. The van der Waals surface area contributed by atoms with Crippen LogP contribution in [0, 0.1) is 0 Å². The fraction of sp³-hybridized carbons (Fsp3) is 0.333. The lowest BCUT2D eigenvalue weighted by Gasteiger charge is -2.05. The molecule has 0 radical (unpaired) electrons. The summed E-state index contributed by atoms with van der Waals surface area (Å²) in [5.41, 5.74) is 1.00. The van der Waals surface area contributed by atoms with Gasteiger partial charge in [-0.1, -0.05) is 17.7 Å². The molecule has 0 atom stereocenters. The molecule has 0 aliphatic heterocycles. The maximum absolute atomic E-state index is 5.90. The second-order valence-corrected chi connectivity index (χ2v) is 3.01. The molecule has 1 nitrogen and oxygen atoms in total. The molecule has 0 aliphatic rings. The van der Waals surface area contributed by atoms with Crippen LogP contribution in [0.2, 0.25) is 5.02 Å². The van der Waals surface area contributed by atoms with Crippen LogP contribution in [0.4, 0.5) is 0 Å². The van der Waals surface area contributed by atoms with Crippen LogP contribution in [-0.4, -0.2) is 6.61 Å². The highest BCUT2D eigenvalue weighted by atomic mass is 35.5. The number of rotatable bonds is 3. The zero-order valence-electron chi connectivity index (χ0n) is 6.81. The first-order valence-corrected chi connectivity index (χ1v) is 4.66. The van der Waals surface area contributed by atoms with Crippen molar-refractivity contribution in [1.82, 2.24) is 0 Å². The fourth-order valence-electron chi connectivity index (χ4n) is 0.900. The predicted molar refractivity (Wildman–Crippen MR) is 52.2 cm³/mol. The molecule has 0 saturated carbocycles. The molecule has 0 unspecified atom stereocenters. The summed E-state index contributed by atoms with van der Waals surface area (Å²) >= 11 is 11.5. The van der Waals surface area contributed by atoms with Crippen molar-refractivity contribution in [1.29, 1.82) is 0 Å². The standard InChI is InChI=1S/C9H10Cl2O/c1-2-12-9-4-3-7(6-10)5-8(9)11/h3-5H,2,6H2,1H3. The van der Waals surface area contributed by atoms with Crippen molar-refractivity contribution in [2.75, 3.05) is 6.61 Å². The smallest absolute Gasteiger partial charge is 0.137 e. The first-order chi connectivity index (χ1) is 5.77. The van der Waals surface area contributed by atoms with Gasteiger partial charge in [0.05, 0.1) is 11.6 Å². The van der Waals surface area contributed by atoms with Crippen LogP contribution in [0.3, 0.4) is 0 Å². The van der Waals surface area contributed by atoms with E-state index in [0.29, 0.717) is 23.3 Å². The van der Waals surface area contributed by atoms with Crippen molar-refractivity contribution in [3.05, 3.63) is 28.8 Å². The number of ether oxygens (including phenoxy) is 1. The molecule has 0 fully saturated rings. The number of hydrogen-bond acceptors (Lipinski definition) is 1. The van der Waals surface area contributed by atoms with E-state index < -0.39 is 0 Å². The summed E-state index contributed by atoms with van der Waals surface area (Å²) in [7, 11) is 0. The normalized spacial score (nSPS) is 9.92. The lowest BCUT2D eigenvalue weighted by atomic mass is 10.2. The minimum atomic E-state index is 0.478. The molecular weight excluding hydrogens is 195 g/mol. The van der Waals surface area contributed by atoms with Gasteiger partial charge in [-0.05, 0) is 24.6 Å². The highest BCUT2D eigenvalue weighted by Gasteiger charge is 2.00. The molecular formula is C9H10Cl2O. The first-order valence-electron chi connectivity index (χ1n) is 3.75. The van der Waals surface area contributed by atoms with Crippen LogP contribution in [0.5, 0.6) is 5.75 Å². The van der Waals surface area contributed by atoms with Crippen molar-refractivity contribution >= 4 is 23.2 Å². The average Bonchev–Trinajstić information content (AvgIpc) is 2.09. The van der Waals surface area contributed by atoms with E-state index in [2.05, 4.69) is 0 Å². The van der Waals surface area contributed by atoms with Crippen molar-refractivity contribution in [2.24, 2.45) is 0 Å². The maximum atomic E-state index is 5.90. The van der Waals surface area contributed by atoms with Crippen LogP contribution in [0.25, 0.3) is 0 Å². The minimum absolute atomic E-state index is 0.478. The van der Waals surface area contributed by atoms with E-state index in [4.69, 9.17) is 27.9 Å². The molecule has 0 heterocycles. The number of benzene rings is 1. The Hall–Kier alpha value is -0.400. The van der Waals surface area contributed by atoms with Crippen LogP contribution in [0.1, 0.15) is 12.5 Å². The molecule has 3 heteroatoms. The van der Waals surface area contributed by atoms with Crippen molar-refractivity contribution in [3.8, 4) is 5.75 Å². The molecule has 0 amide bonds. The predicted octanol–water partition coefficient (Wildman–Crippen LogP) is 3.48. The molecule has 0 aliphatic carbocycles. The lowest BCUT2D eigenvalue weighted by Crippen LogP contribution is -1.92. The van der Waals surface area contributed by atoms with Gasteiger partial charge in [-0.3, -0.25) is 0 Å². The quantitative estimate of drug-likeness (QED) is 0.686. The van der Waals surface area contributed by atoms with E-state index in [1.54, 1.807) is 0 Å². The largest absolute Gasteiger partial charge is 0.492 e. The summed E-state index contributed by atoms with van der Waals surface area (Å²) in [4.78, 5) is 0. The summed E-state index contributed by atoms with van der Waals surface area (Å²) in [5, 5.41) is 0.620. The van der Waals surface area contributed by atoms with E-state index in [1.165, 1.54) is 0 Å². The third kappa shape index (κ3) is 2.29. The van der Waals surface area contributed by atoms with Crippen LogP contribution in [-0.2, 0) is 5.88 Å². The Morgan fingerprint density at radius 1 is 1.42 bits per heavy atom. The van der Waals surface area contributed by atoms with Gasteiger partial charge in [0.2, 0.25) is 0 Å². The van der Waals surface area contributed by atoms with Gasteiger partial charge in [-0.2, -0.15) is 0 Å². The van der Waals surface area contributed by atoms with Crippen LogP contribution < -0.4 is 4.74 Å². The summed E-state index contributed by atoms with van der Waals surface area (Å²) in [6.45, 7) is 2.55. The molecule has 0 N–H and O–H groups in total. The Morgan fingerprint density at radius 2 is 2.17 bits per heavy atom.